The minimum absolute atomic E-state index is 0.899. The number of benzene rings is 1. The van der Waals surface area contributed by atoms with Crippen molar-refractivity contribution in [2.45, 2.75) is 32.6 Å². The number of hydrogen-bond donors (Lipinski definition) is 0. The average molecular weight is 146 g/mol. The Kier molecular flexibility index (Phi) is 1.49. The van der Waals surface area contributed by atoms with Gasteiger partial charge in [0.2, 0.25) is 0 Å². The summed E-state index contributed by atoms with van der Waals surface area (Å²) in [6.45, 7) is 4.45. The third kappa shape index (κ3) is 1.18. The van der Waals surface area contributed by atoms with E-state index in [4.69, 9.17) is 0 Å². The molecule has 0 bridgehead atoms. The van der Waals surface area contributed by atoms with Crippen molar-refractivity contribution in [3.05, 3.63) is 34.9 Å². The molecule has 1 aliphatic rings. The first kappa shape index (κ1) is 6.90. The maximum atomic E-state index is 2.22. The van der Waals surface area contributed by atoms with Crippen molar-refractivity contribution in [1.29, 1.82) is 0 Å². The van der Waals surface area contributed by atoms with Crippen LogP contribution >= 0.6 is 0 Å². The fourth-order valence-corrected chi connectivity index (χ4v) is 1.84. The average Bonchev–Trinajstić information content (AvgIpc) is 2.70. The van der Waals surface area contributed by atoms with Gasteiger partial charge in [-0.2, -0.15) is 0 Å². The summed E-state index contributed by atoms with van der Waals surface area (Å²) >= 11 is 0. The monoisotopic (exact) mass is 146 g/mol. The molecular formula is C11H14. The second-order valence-corrected chi connectivity index (χ2v) is 3.58. The van der Waals surface area contributed by atoms with Crippen molar-refractivity contribution in [3.63, 3.8) is 0 Å². The van der Waals surface area contributed by atoms with Crippen LogP contribution in [0.3, 0.4) is 0 Å². The number of hydrogen-bond acceptors (Lipinski definition) is 0. The van der Waals surface area contributed by atoms with Crippen LogP contribution in [0.4, 0.5) is 0 Å². The zero-order valence-electron chi connectivity index (χ0n) is 7.22. The Morgan fingerprint density at radius 2 is 1.64 bits per heavy atom. The van der Waals surface area contributed by atoms with Crippen LogP contribution in [0.1, 0.15) is 35.4 Å². The van der Waals surface area contributed by atoms with Gasteiger partial charge in [-0.25, -0.2) is 0 Å². The lowest BCUT2D eigenvalue weighted by Gasteiger charge is -2.06. The summed E-state index contributed by atoms with van der Waals surface area (Å²) in [4.78, 5) is 0. The molecule has 1 aromatic rings. The number of aryl methyl sites for hydroxylation is 2. The van der Waals surface area contributed by atoms with Gasteiger partial charge in [-0.3, -0.25) is 0 Å². The smallest absolute Gasteiger partial charge is 0.0156 e. The Balaban J connectivity index is 2.48. The van der Waals surface area contributed by atoms with Crippen molar-refractivity contribution in [3.8, 4) is 0 Å². The Morgan fingerprint density at radius 3 is 2.09 bits per heavy atom. The predicted octanol–water partition coefficient (Wildman–Crippen LogP) is 3.18. The van der Waals surface area contributed by atoms with Gasteiger partial charge in [0.1, 0.15) is 0 Å². The molecule has 0 heteroatoms. The molecule has 0 aliphatic heterocycles. The van der Waals surface area contributed by atoms with Crippen LogP contribution in [-0.4, -0.2) is 0 Å². The summed E-state index contributed by atoms with van der Waals surface area (Å²) in [5.74, 6) is 0.899. The quantitative estimate of drug-likeness (QED) is 0.570. The van der Waals surface area contributed by atoms with Crippen LogP contribution < -0.4 is 0 Å². The minimum Gasteiger partial charge on any atom is -0.0617 e. The first-order valence-corrected chi connectivity index (χ1v) is 4.35. The molecule has 0 radical (unpaired) electrons. The molecule has 1 aromatic carbocycles. The summed E-state index contributed by atoms with van der Waals surface area (Å²) in [6.07, 6.45) is 2.82. The van der Waals surface area contributed by atoms with Gasteiger partial charge in [-0.1, -0.05) is 18.2 Å². The van der Waals surface area contributed by atoms with Crippen molar-refractivity contribution >= 4 is 0 Å². The van der Waals surface area contributed by atoms with Gasteiger partial charge >= 0.3 is 0 Å². The maximum Gasteiger partial charge on any atom is -0.0156 e. The third-order valence-corrected chi connectivity index (χ3v) is 2.53. The van der Waals surface area contributed by atoms with Crippen LogP contribution in [0.5, 0.6) is 0 Å². The van der Waals surface area contributed by atoms with Gasteiger partial charge in [0.25, 0.3) is 0 Å². The zero-order valence-corrected chi connectivity index (χ0v) is 7.22. The van der Waals surface area contributed by atoms with Crippen LogP contribution in [0.25, 0.3) is 0 Å². The van der Waals surface area contributed by atoms with E-state index in [9.17, 15) is 0 Å². The zero-order chi connectivity index (χ0) is 7.84. The maximum absolute atomic E-state index is 2.22. The first-order chi connectivity index (χ1) is 5.29. The Morgan fingerprint density at radius 1 is 1.09 bits per heavy atom. The van der Waals surface area contributed by atoms with Gasteiger partial charge in [0, 0.05) is 0 Å². The highest BCUT2D eigenvalue weighted by atomic mass is 14.3. The highest BCUT2D eigenvalue weighted by Gasteiger charge is 2.25. The molecule has 0 unspecified atom stereocenters. The van der Waals surface area contributed by atoms with E-state index in [2.05, 4.69) is 32.0 Å². The highest BCUT2D eigenvalue weighted by Crippen LogP contribution is 2.42. The van der Waals surface area contributed by atoms with E-state index in [0.29, 0.717) is 0 Å². The van der Waals surface area contributed by atoms with Gasteiger partial charge in [-0.05, 0) is 49.3 Å². The van der Waals surface area contributed by atoms with Crippen LogP contribution in [0.15, 0.2) is 18.2 Å². The third-order valence-electron chi connectivity index (χ3n) is 2.53. The molecule has 58 valence electrons. The van der Waals surface area contributed by atoms with Gasteiger partial charge < -0.3 is 0 Å². The largest absolute Gasteiger partial charge is 0.0617 e. The fraction of sp³-hybridized carbons (Fsp3) is 0.455. The molecule has 0 atom stereocenters. The molecule has 0 nitrogen and oxygen atoms in total. The van der Waals surface area contributed by atoms with E-state index >= 15 is 0 Å². The summed E-state index contributed by atoms with van der Waals surface area (Å²) < 4.78 is 0. The molecule has 0 heterocycles. The van der Waals surface area contributed by atoms with E-state index in [1.165, 1.54) is 24.0 Å². The van der Waals surface area contributed by atoms with E-state index in [1.54, 1.807) is 5.56 Å². The second-order valence-electron chi connectivity index (χ2n) is 3.58. The molecule has 0 aromatic heterocycles. The standard InChI is InChI=1S/C11H14/c1-8-4-3-5-9(2)11(8)10-6-7-10/h3-5,10H,6-7H2,1-2H3. The highest BCUT2D eigenvalue weighted by molar-refractivity contribution is 5.38. The molecule has 11 heavy (non-hydrogen) atoms. The topological polar surface area (TPSA) is 0 Å². The second kappa shape index (κ2) is 2.37. The van der Waals surface area contributed by atoms with Gasteiger partial charge in [-0.15, -0.1) is 0 Å². The molecule has 1 fully saturated rings. The summed E-state index contributed by atoms with van der Waals surface area (Å²) in [5.41, 5.74) is 4.58. The van der Waals surface area contributed by atoms with Crippen molar-refractivity contribution in [1.82, 2.24) is 0 Å². The summed E-state index contributed by atoms with van der Waals surface area (Å²) in [5, 5.41) is 0. The minimum atomic E-state index is 0.899. The van der Waals surface area contributed by atoms with Gasteiger partial charge in [0.15, 0.2) is 0 Å². The molecule has 1 aliphatic carbocycles. The lowest BCUT2D eigenvalue weighted by Crippen LogP contribution is -1.89. The van der Waals surface area contributed by atoms with E-state index in [1.807, 2.05) is 0 Å². The Labute approximate surface area is 68.3 Å². The Hall–Kier alpha value is -0.780. The van der Waals surface area contributed by atoms with Crippen molar-refractivity contribution in [2.75, 3.05) is 0 Å². The molecule has 0 amide bonds. The van der Waals surface area contributed by atoms with E-state index in [-0.39, 0.29) is 0 Å². The lowest BCUT2D eigenvalue weighted by molar-refractivity contribution is 1.07. The van der Waals surface area contributed by atoms with Crippen LogP contribution in [-0.2, 0) is 0 Å². The fourth-order valence-electron chi connectivity index (χ4n) is 1.84. The summed E-state index contributed by atoms with van der Waals surface area (Å²) in [7, 11) is 0. The van der Waals surface area contributed by atoms with E-state index in [0.717, 1.165) is 5.92 Å². The molecule has 0 saturated heterocycles. The molecule has 0 spiro atoms. The Bertz CT molecular complexity index is 249. The molecular weight excluding hydrogens is 132 g/mol. The van der Waals surface area contributed by atoms with E-state index < -0.39 is 0 Å². The SMILES string of the molecule is Cc1cccc(C)c1C1CC1. The first-order valence-electron chi connectivity index (χ1n) is 4.35. The van der Waals surface area contributed by atoms with Gasteiger partial charge in [0.05, 0.1) is 0 Å². The molecule has 2 rings (SSSR count). The van der Waals surface area contributed by atoms with Crippen molar-refractivity contribution < 1.29 is 0 Å². The number of rotatable bonds is 1. The van der Waals surface area contributed by atoms with Crippen LogP contribution in [0, 0.1) is 13.8 Å². The lowest BCUT2D eigenvalue weighted by atomic mass is 9.99. The summed E-state index contributed by atoms with van der Waals surface area (Å²) in [6, 6.07) is 6.60. The van der Waals surface area contributed by atoms with Crippen molar-refractivity contribution in [2.24, 2.45) is 0 Å². The molecule has 1 saturated carbocycles. The predicted molar refractivity (Wildman–Crippen MR) is 47.9 cm³/mol. The van der Waals surface area contributed by atoms with Crippen LogP contribution in [0.2, 0.25) is 0 Å². The molecule has 0 N–H and O–H groups in total. The normalized spacial score (nSPS) is 16.9.